The molecule has 2 rings (SSSR count). The van der Waals surface area contributed by atoms with Crippen molar-refractivity contribution in [1.29, 1.82) is 0 Å². The molecule has 1 aromatic carbocycles. The zero-order valence-electron chi connectivity index (χ0n) is 9.59. The minimum absolute atomic E-state index is 0.254. The first-order valence-electron chi connectivity index (χ1n) is 5.39. The first kappa shape index (κ1) is 11.8. The lowest BCUT2D eigenvalue weighted by atomic mass is 10.1. The summed E-state index contributed by atoms with van der Waals surface area (Å²) in [7, 11) is 1.37. The molecule has 0 aliphatic carbocycles. The van der Waals surface area contributed by atoms with Crippen LogP contribution >= 0.6 is 0 Å². The molecular weight excluding hydrogens is 220 g/mol. The second kappa shape index (κ2) is 5.61. The van der Waals surface area contributed by atoms with Crippen LogP contribution in [0.15, 0.2) is 30.3 Å². The molecule has 0 aromatic heterocycles. The van der Waals surface area contributed by atoms with Crippen LogP contribution in [-0.2, 0) is 14.2 Å². The molecule has 4 heteroatoms. The van der Waals surface area contributed by atoms with Gasteiger partial charge in [-0.25, -0.2) is 4.79 Å². The number of hydrogen-bond acceptors (Lipinski definition) is 4. The Morgan fingerprint density at radius 3 is 2.53 bits per heavy atom. The van der Waals surface area contributed by atoms with E-state index >= 15 is 0 Å². The molecule has 17 heavy (non-hydrogen) atoms. The van der Waals surface area contributed by atoms with Gasteiger partial charge in [0.05, 0.1) is 25.9 Å². The molecule has 0 bridgehead atoms. The van der Waals surface area contributed by atoms with Crippen molar-refractivity contribution in [2.24, 2.45) is 0 Å². The van der Waals surface area contributed by atoms with Gasteiger partial charge in [0, 0.05) is 0 Å². The molecule has 0 unspecified atom stereocenters. The van der Waals surface area contributed by atoms with Gasteiger partial charge in [-0.2, -0.15) is 0 Å². The van der Waals surface area contributed by atoms with Gasteiger partial charge in [0.2, 0.25) is 0 Å². The summed E-state index contributed by atoms with van der Waals surface area (Å²) in [5.41, 5.74) is 1.52. The van der Waals surface area contributed by atoms with Crippen molar-refractivity contribution >= 4 is 12.0 Å². The summed E-state index contributed by atoms with van der Waals surface area (Å²) in [6.45, 7) is 1.27. The Balaban J connectivity index is 2.00. The molecule has 1 fully saturated rings. The van der Waals surface area contributed by atoms with Gasteiger partial charge in [0.25, 0.3) is 0 Å². The molecule has 0 amide bonds. The highest BCUT2D eigenvalue weighted by Crippen LogP contribution is 2.10. The molecule has 1 heterocycles. The molecule has 0 saturated carbocycles. The fourth-order valence-electron chi connectivity index (χ4n) is 1.53. The summed E-state index contributed by atoms with van der Waals surface area (Å²) in [5, 5.41) is 0. The van der Waals surface area contributed by atoms with Crippen LogP contribution < -0.4 is 0 Å². The van der Waals surface area contributed by atoms with Crippen LogP contribution in [0.3, 0.4) is 0 Å². The third kappa shape index (κ3) is 3.15. The molecule has 1 aliphatic rings. The van der Waals surface area contributed by atoms with Crippen LogP contribution in [0.1, 0.15) is 15.9 Å². The maximum Gasteiger partial charge on any atom is 0.337 e. The van der Waals surface area contributed by atoms with Gasteiger partial charge in [-0.15, -0.1) is 0 Å². The van der Waals surface area contributed by atoms with Gasteiger partial charge in [0.1, 0.15) is 0 Å². The zero-order valence-corrected chi connectivity index (χ0v) is 9.59. The zero-order chi connectivity index (χ0) is 12.1. The SMILES string of the molecule is COC(=O)c1ccc(C=CC2OCCO2)cc1. The number of benzene rings is 1. The van der Waals surface area contributed by atoms with Gasteiger partial charge in [-0.3, -0.25) is 0 Å². The average Bonchev–Trinajstić information content (AvgIpc) is 2.89. The Labute approximate surface area is 99.8 Å². The van der Waals surface area contributed by atoms with Crippen molar-refractivity contribution in [3.05, 3.63) is 41.5 Å². The smallest absolute Gasteiger partial charge is 0.337 e. The quantitative estimate of drug-likeness (QED) is 0.749. The Hall–Kier alpha value is -1.65. The molecule has 0 N–H and O–H groups in total. The number of hydrogen-bond donors (Lipinski definition) is 0. The van der Waals surface area contributed by atoms with Crippen molar-refractivity contribution in [3.63, 3.8) is 0 Å². The highest BCUT2D eigenvalue weighted by molar-refractivity contribution is 5.89. The summed E-state index contributed by atoms with van der Waals surface area (Å²) >= 11 is 0. The normalized spacial score (nSPS) is 16.5. The van der Waals surface area contributed by atoms with E-state index in [0.29, 0.717) is 18.8 Å². The van der Waals surface area contributed by atoms with Crippen LogP contribution in [0, 0.1) is 0 Å². The number of esters is 1. The third-order valence-electron chi connectivity index (χ3n) is 2.43. The maximum absolute atomic E-state index is 11.2. The van der Waals surface area contributed by atoms with E-state index in [4.69, 9.17) is 9.47 Å². The maximum atomic E-state index is 11.2. The van der Waals surface area contributed by atoms with Crippen molar-refractivity contribution in [2.45, 2.75) is 6.29 Å². The van der Waals surface area contributed by atoms with Gasteiger partial charge in [-0.05, 0) is 23.8 Å². The molecule has 1 aromatic rings. The van der Waals surface area contributed by atoms with Crippen LogP contribution in [0.25, 0.3) is 6.08 Å². The van der Waals surface area contributed by atoms with Gasteiger partial charge in [-0.1, -0.05) is 18.2 Å². The fourth-order valence-corrected chi connectivity index (χ4v) is 1.53. The summed E-state index contributed by atoms with van der Waals surface area (Å²) in [6, 6.07) is 7.14. The van der Waals surface area contributed by atoms with E-state index in [-0.39, 0.29) is 12.3 Å². The van der Waals surface area contributed by atoms with E-state index in [2.05, 4.69) is 4.74 Å². The molecule has 0 atom stereocenters. The molecule has 4 nitrogen and oxygen atoms in total. The summed E-state index contributed by atoms with van der Waals surface area (Å²) in [5.74, 6) is -0.331. The Morgan fingerprint density at radius 2 is 1.94 bits per heavy atom. The summed E-state index contributed by atoms with van der Waals surface area (Å²) in [6.07, 6.45) is 3.49. The lowest BCUT2D eigenvalue weighted by Gasteiger charge is -2.02. The number of rotatable bonds is 3. The fraction of sp³-hybridized carbons (Fsp3) is 0.308. The monoisotopic (exact) mass is 234 g/mol. The Kier molecular flexibility index (Phi) is 3.90. The minimum atomic E-state index is -0.331. The summed E-state index contributed by atoms with van der Waals surface area (Å²) < 4.78 is 15.2. The largest absolute Gasteiger partial charge is 0.465 e. The molecule has 90 valence electrons. The molecule has 1 aliphatic heterocycles. The van der Waals surface area contributed by atoms with E-state index in [1.54, 1.807) is 12.1 Å². The highest BCUT2D eigenvalue weighted by Gasteiger charge is 2.11. The second-order valence-electron chi connectivity index (χ2n) is 3.58. The number of methoxy groups -OCH3 is 1. The van der Waals surface area contributed by atoms with Crippen LogP contribution in [0.2, 0.25) is 0 Å². The average molecular weight is 234 g/mol. The molecule has 1 saturated heterocycles. The van der Waals surface area contributed by atoms with Crippen molar-refractivity contribution in [1.82, 2.24) is 0 Å². The van der Waals surface area contributed by atoms with Crippen LogP contribution in [-0.4, -0.2) is 32.6 Å². The predicted molar refractivity (Wildman–Crippen MR) is 62.5 cm³/mol. The standard InChI is InChI=1S/C13H14O4/c1-15-13(14)11-5-2-10(3-6-11)4-7-12-16-8-9-17-12/h2-7,12H,8-9H2,1H3. The minimum Gasteiger partial charge on any atom is -0.465 e. The topological polar surface area (TPSA) is 44.8 Å². The number of carbonyl (C=O) groups excluding carboxylic acids is 1. The Morgan fingerprint density at radius 1 is 1.29 bits per heavy atom. The first-order chi connectivity index (χ1) is 8.29. The first-order valence-corrected chi connectivity index (χ1v) is 5.39. The highest BCUT2D eigenvalue weighted by atomic mass is 16.7. The number of carbonyl (C=O) groups is 1. The van der Waals surface area contributed by atoms with Crippen molar-refractivity contribution in [3.8, 4) is 0 Å². The van der Waals surface area contributed by atoms with E-state index in [1.807, 2.05) is 24.3 Å². The van der Waals surface area contributed by atoms with Crippen molar-refractivity contribution < 1.29 is 19.0 Å². The van der Waals surface area contributed by atoms with Gasteiger partial charge < -0.3 is 14.2 Å². The van der Waals surface area contributed by atoms with Gasteiger partial charge >= 0.3 is 5.97 Å². The lowest BCUT2D eigenvalue weighted by molar-refractivity contribution is -0.000912. The van der Waals surface area contributed by atoms with E-state index in [9.17, 15) is 4.79 Å². The third-order valence-corrected chi connectivity index (χ3v) is 2.43. The molecule has 0 spiro atoms. The van der Waals surface area contributed by atoms with Gasteiger partial charge in [0.15, 0.2) is 6.29 Å². The van der Waals surface area contributed by atoms with Crippen LogP contribution in [0.4, 0.5) is 0 Å². The molecular formula is C13H14O4. The number of ether oxygens (including phenoxy) is 3. The summed E-state index contributed by atoms with van der Waals surface area (Å²) in [4.78, 5) is 11.2. The lowest BCUT2D eigenvalue weighted by Crippen LogP contribution is -2.02. The predicted octanol–water partition coefficient (Wildman–Crippen LogP) is 1.86. The van der Waals surface area contributed by atoms with E-state index in [0.717, 1.165) is 5.56 Å². The second-order valence-corrected chi connectivity index (χ2v) is 3.58. The van der Waals surface area contributed by atoms with E-state index in [1.165, 1.54) is 7.11 Å². The van der Waals surface area contributed by atoms with Crippen molar-refractivity contribution in [2.75, 3.05) is 20.3 Å². The van der Waals surface area contributed by atoms with Crippen LogP contribution in [0.5, 0.6) is 0 Å². The van der Waals surface area contributed by atoms with E-state index < -0.39 is 0 Å². The Bertz CT molecular complexity index is 402. The molecule has 0 radical (unpaired) electrons.